The Labute approximate surface area is 243 Å². The fourth-order valence-corrected chi connectivity index (χ4v) is 4.14. The molecule has 2 aromatic rings. The molecule has 3 rings (SSSR count). The summed E-state index contributed by atoms with van der Waals surface area (Å²) < 4.78 is 28.2. The van der Waals surface area contributed by atoms with Gasteiger partial charge in [0.2, 0.25) is 6.79 Å². The van der Waals surface area contributed by atoms with Gasteiger partial charge in [0.05, 0.1) is 11.6 Å². The number of hydrogen-bond donors (Lipinski definition) is 3. The molecular formula is C27H39N5O10. The lowest BCUT2D eigenvalue weighted by Gasteiger charge is -2.27. The number of esters is 3. The summed E-state index contributed by atoms with van der Waals surface area (Å²) in [6.07, 6.45) is -3.35. The van der Waals surface area contributed by atoms with E-state index in [1.807, 2.05) is 0 Å². The Morgan fingerprint density at radius 3 is 2.48 bits per heavy atom. The predicted molar refractivity (Wildman–Crippen MR) is 146 cm³/mol. The third kappa shape index (κ3) is 7.14. The van der Waals surface area contributed by atoms with Crippen LogP contribution in [0.5, 0.6) is 0 Å². The van der Waals surface area contributed by atoms with Gasteiger partial charge in [-0.1, -0.05) is 41.5 Å². The summed E-state index contributed by atoms with van der Waals surface area (Å²) in [5.41, 5.74) is 4.58. The van der Waals surface area contributed by atoms with E-state index in [2.05, 4.69) is 15.4 Å². The van der Waals surface area contributed by atoms with E-state index in [9.17, 15) is 24.3 Å². The summed E-state index contributed by atoms with van der Waals surface area (Å²) >= 11 is 0. The minimum atomic E-state index is -1.51. The van der Waals surface area contributed by atoms with Gasteiger partial charge in [-0.15, -0.1) is 0 Å². The average molecular weight is 594 g/mol. The maximum Gasteiger partial charge on any atom is 0.415 e. The number of aromatic nitrogens is 3. The number of aliphatic hydroxyl groups is 1. The summed E-state index contributed by atoms with van der Waals surface area (Å²) in [5.74, 6) is -2.11. The minimum absolute atomic E-state index is 0.0461. The molecule has 0 spiro atoms. The predicted octanol–water partition coefficient (Wildman–Crippen LogP) is 1.65. The summed E-state index contributed by atoms with van der Waals surface area (Å²) in [5, 5.41) is 18.1. The number of nitrogens with two attached hydrogens (primary N) is 1. The highest BCUT2D eigenvalue weighted by atomic mass is 16.7. The molecule has 2 aromatic heterocycles. The van der Waals surface area contributed by atoms with Crippen molar-refractivity contribution in [3.05, 3.63) is 24.2 Å². The Balaban J connectivity index is 1.83. The first-order chi connectivity index (χ1) is 19.6. The highest BCUT2D eigenvalue weighted by Crippen LogP contribution is 2.42. The van der Waals surface area contributed by atoms with Gasteiger partial charge in [0.1, 0.15) is 42.3 Å². The molecule has 15 heteroatoms. The van der Waals surface area contributed by atoms with Crippen molar-refractivity contribution in [2.24, 2.45) is 17.1 Å². The van der Waals surface area contributed by atoms with Gasteiger partial charge in [-0.2, -0.15) is 5.10 Å². The van der Waals surface area contributed by atoms with E-state index in [0.717, 1.165) is 6.33 Å². The van der Waals surface area contributed by atoms with Gasteiger partial charge < -0.3 is 34.5 Å². The van der Waals surface area contributed by atoms with Gasteiger partial charge in [-0.05, 0) is 24.5 Å². The van der Waals surface area contributed by atoms with Crippen LogP contribution in [0.2, 0.25) is 0 Å². The van der Waals surface area contributed by atoms with Gasteiger partial charge in [0.15, 0.2) is 11.9 Å². The lowest BCUT2D eigenvalue weighted by molar-refractivity contribution is -0.162. The lowest BCUT2D eigenvalue weighted by atomic mass is 9.87. The largest absolute Gasteiger partial charge is 0.462 e. The molecule has 0 radical (unpaired) electrons. The zero-order chi connectivity index (χ0) is 31.4. The van der Waals surface area contributed by atoms with E-state index in [4.69, 9.17) is 29.4 Å². The standard InChI is InChI=1S/C27H39N5O10/c1-8-18(33)41-19-16(11-38-24(36)20(28)26(4,5)6)42-27(7,21(19)34)17-10-9-15-22(29-12-30-32(15)17)31-25(37)40-13-39-23(35)14(2)3/h9-10,12,14,16,19-21,34H,8,11,13,28H2,1-7H3,(H,29,30,31,37)/t16-,19-,20-,21-,27+/m1/s1. The Kier molecular flexibility index (Phi) is 10.1. The maximum absolute atomic E-state index is 12.6. The van der Waals surface area contributed by atoms with Crippen molar-refractivity contribution in [1.82, 2.24) is 14.6 Å². The number of rotatable bonds is 10. The number of anilines is 1. The van der Waals surface area contributed by atoms with E-state index in [-0.39, 0.29) is 24.8 Å². The van der Waals surface area contributed by atoms with Crippen LogP contribution in [0.3, 0.4) is 0 Å². The average Bonchev–Trinajstić information content (AvgIpc) is 3.47. The zero-order valence-corrected chi connectivity index (χ0v) is 24.8. The Morgan fingerprint density at radius 2 is 1.86 bits per heavy atom. The van der Waals surface area contributed by atoms with Crippen molar-refractivity contribution in [2.45, 2.75) is 84.8 Å². The molecule has 0 saturated carbocycles. The smallest absolute Gasteiger partial charge is 0.415 e. The van der Waals surface area contributed by atoms with Gasteiger partial charge in [-0.3, -0.25) is 19.7 Å². The van der Waals surface area contributed by atoms with Crippen LogP contribution >= 0.6 is 0 Å². The van der Waals surface area contributed by atoms with Gasteiger partial charge in [0.25, 0.3) is 0 Å². The van der Waals surface area contributed by atoms with E-state index >= 15 is 0 Å². The Bertz CT molecular complexity index is 1310. The molecule has 232 valence electrons. The Hall–Kier alpha value is -3.82. The number of nitrogens with zero attached hydrogens (tertiary/aromatic N) is 3. The van der Waals surface area contributed by atoms with Crippen LogP contribution in [0.15, 0.2) is 18.5 Å². The second-order valence-corrected chi connectivity index (χ2v) is 11.4. The van der Waals surface area contributed by atoms with Crippen molar-refractivity contribution in [3.63, 3.8) is 0 Å². The molecule has 3 heterocycles. The molecule has 0 aromatic carbocycles. The fourth-order valence-electron chi connectivity index (χ4n) is 4.14. The number of nitrogens with one attached hydrogen (secondary N) is 1. The van der Waals surface area contributed by atoms with Crippen LogP contribution in [0.4, 0.5) is 10.6 Å². The molecule has 0 aliphatic carbocycles. The van der Waals surface area contributed by atoms with E-state index in [0.29, 0.717) is 11.2 Å². The fraction of sp³-hybridized carbons (Fsp3) is 0.630. The maximum atomic E-state index is 12.6. The van der Waals surface area contributed by atoms with Gasteiger partial charge in [-0.25, -0.2) is 14.3 Å². The second kappa shape index (κ2) is 13.0. The number of carbonyl (C=O) groups excluding carboxylic acids is 4. The zero-order valence-electron chi connectivity index (χ0n) is 24.8. The van der Waals surface area contributed by atoms with Crippen LogP contribution in [0.25, 0.3) is 5.52 Å². The molecule has 0 unspecified atom stereocenters. The number of fused-ring (bicyclic) bond motifs is 1. The third-order valence-corrected chi connectivity index (χ3v) is 6.81. The van der Waals surface area contributed by atoms with Crippen molar-refractivity contribution in [2.75, 3.05) is 18.7 Å². The molecule has 1 saturated heterocycles. The first kappa shape index (κ1) is 32.7. The van der Waals surface area contributed by atoms with Crippen LogP contribution in [-0.2, 0) is 43.7 Å². The number of aliphatic hydroxyl groups excluding tert-OH is 1. The lowest BCUT2D eigenvalue weighted by Crippen LogP contribution is -2.45. The SMILES string of the molecule is CCC(=O)O[C@H]1[C@@H](O)[C@](C)(c2ccc3c(NC(=O)OCOC(=O)C(C)C)ncnn23)O[C@@H]1COC(=O)[C@@H](N)C(C)(C)C. The molecule has 15 nitrogen and oxygen atoms in total. The molecule has 1 aliphatic heterocycles. The molecule has 4 N–H and O–H groups in total. The molecule has 1 amide bonds. The molecule has 5 atom stereocenters. The summed E-state index contributed by atoms with van der Waals surface area (Å²) in [6, 6.07) is 2.25. The van der Waals surface area contributed by atoms with Crippen LogP contribution < -0.4 is 11.1 Å². The molecular weight excluding hydrogens is 554 g/mol. The first-order valence-electron chi connectivity index (χ1n) is 13.5. The molecule has 1 fully saturated rings. The third-order valence-electron chi connectivity index (χ3n) is 6.81. The first-order valence-corrected chi connectivity index (χ1v) is 13.5. The molecule has 42 heavy (non-hydrogen) atoms. The van der Waals surface area contributed by atoms with Crippen LogP contribution in [0, 0.1) is 11.3 Å². The molecule has 1 aliphatic rings. The quantitative estimate of drug-likeness (QED) is 0.204. The topological polar surface area (TPSA) is 203 Å². The highest BCUT2D eigenvalue weighted by molar-refractivity contribution is 5.88. The summed E-state index contributed by atoms with van der Waals surface area (Å²) in [4.78, 5) is 52.7. The van der Waals surface area contributed by atoms with Crippen molar-refractivity contribution in [3.8, 4) is 0 Å². The van der Waals surface area contributed by atoms with Crippen LogP contribution in [0.1, 0.15) is 60.6 Å². The Morgan fingerprint density at radius 1 is 1.17 bits per heavy atom. The number of carbonyl (C=O) groups is 4. The summed E-state index contributed by atoms with van der Waals surface area (Å²) in [6.45, 7) is 10.9. The van der Waals surface area contributed by atoms with E-state index < -0.39 is 66.2 Å². The van der Waals surface area contributed by atoms with Gasteiger partial charge in [0, 0.05) is 6.42 Å². The van der Waals surface area contributed by atoms with E-state index in [1.165, 1.54) is 4.52 Å². The van der Waals surface area contributed by atoms with Crippen molar-refractivity contribution in [1.29, 1.82) is 0 Å². The second-order valence-electron chi connectivity index (χ2n) is 11.4. The van der Waals surface area contributed by atoms with Crippen molar-refractivity contribution < 1.29 is 48.0 Å². The van der Waals surface area contributed by atoms with Crippen LogP contribution in [-0.4, -0.2) is 81.5 Å². The number of hydrogen-bond acceptors (Lipinski definition) is 13. The normalized spacial score (nSPS) is 23.0. The number of amides is 1. The van der Waals surface area contributed by atoms with E-state index in [1.54, 1.807) is 60.6 Å². The number of ether oxygens (including phenoxy) is 5. The monoisotopic (exact) mass is 593 g/mol. The van der Waals surface area contributed by atoms with Gasteiger partial charge >= 0.3 is 24.0 Å². The highest BCUT2D eigenvalue weighted by Gasteiger charge is 2.56. The molecule has 0 bridgehead atoms. The van der Waals surface area contributed by atoms with Crippen molar-refractivity contribution >= 4 is 35.3 Å². The summed E-state index contributed by atoms with van der Waals surface area (Å²) in [7, 11) is 0. The minimum Gasteiger partial charge on any atom is -0.462 e.